The predicted octanol–water partition coefficient (Wildman–Crippen LogP) is 5.13. The molecule has 0 saturated heterocycles. The van der Waals surface area contributed by atoms with Crippen LogP contribution >= 0.6 is 0 Å². The van der Waals surface area contributed by atoms with Gasteiger partial charge in [0.1, 0.15) is 0 Å². The summed E-state index contributed by atoms with van der Waals surface area (Å²) in [6.07, 6.45) is 9.67. The average Bonchev–Trinajstić information content (AvgIpc) is 2.48. The highest BCUT2D eigenvalue weighted by molar-refractivity contribution is 5.48. The first-order chi connectivity index (χ1) is 9.62. The lowest BCUT2D eigenvalue weighted by Crippen LogP contribution is -2.36. The zero-order valence-corrected chi connectivity index (χ0v) is 12.9. The molecule has 0 amide bonds. The van der Waals surface area contributed by atoms with Crippen LogP contribution in [0.2, 0.25) is 0 Å². The molecule has 20 heavy (non-hydrogen) atoms. The lowest BCUT2D eigenvalue weighted by Gasteiger charge is -2.43. The molecule has 0 radical (unpaired) electrons. The quantitative estimate of drug-likeness (QED) is 0.732. The molecule has 1 aromatic rings. The normalized spacial score (nSPS) is 19.7. The van der Waals surface area contributed by atoms with E-state index < -0.39 is 0 Å². The minimum atomic E-state index is 0.0233. The van der Waals surface area contributed by atoms with Gasteiger partial charge in [0, 0.05) is 11.0 Å². The Hall–Kier alpha value is -1.18. The summed E-state index contributed by atoms with van der Waals surface area (Å²) in [5.41, 5.74) is 1.02. The summed E-state index contributed by atoms with van der Waals surface area (Å²) in [4.78, 5) is 0. The molecule has 1 aliphatic carbocycles. The Balaban J connectivity index is 2.38. The Labute approximate surface area is 122 Å². The first kappa shape index (κ1) is 15.2. The zero-order chi connectivity index (χ0) is 14.6. The Morgan fingerprint density at radius 2 is 1.85 bits per heavy atom. The van der Waals surface area contributed by atoms with Gasteiger partial charge in [-0.05, 0) is 31.2 Å². The average molecular weight is 276 g/mol. The van der Waals surface area contributed by atoms with E-state index >= 15 is 0 Å². The van der Waals surface area contributed by atoms with Crippen LogP contribution in [0.1, 0.15) is 70.8 Å². The maximum absolute atomic E-state index is 10.3. The maximum atomic E-state index is 10.3. The monoisotopic (exact) mass is 276 g/mol. The van der Waals surface area contributed by atoms with Crippen molar-refractivity contribution in [3.8, 4) is 11.5 Å². The van der Waals surface area contributed by atoms with E-state index in [0.717, 1.165) is 18.4 Å². The van der Waals surface area contributed by atoms with Gasteiger partial charge in [0.05, 0.1) is 0 Å². The van der Waals surface area contributed by atoms with E-state index in [4.69, 9.17) is 0 Å². The Morgan fingerprint density at radius 3 is 2.50 bits per heavy atom. The molecule has 1 aliphatic rings. The molecule has 2 N–H and O–H groups in total. The Kier molecular flexibility index (Phi) is 4.95. The summed E-state index contributed by atoms with van der Waals surface area (Å²) in [6, 6.07) is 5.46. The first-order valence-electron chi connectivity index (χ1n) is 8.13. The number of benzene rings is 1. The van der Waals surface area contributed by atoms with E-state index in [1.54, 1.807) is 6.07 Å². The van der Waals surface area contributed by atoms with Gasteiger partial charge in [-0.15, -0.1) is 0 Å². The third-order valence-corrected chi connectivity index (χ3v) is 5.23. The molecular weight excluding hydrogens is 248 g/mol. The molecule has 0 heterocycles. The van der Waals surface area contributed by atoms with Gasteiger partial charge in [-0.2, -0.15) is 0 Å². The van der Waals surface area contributed by atoms with Crippen LogP contribution in [0.5, 0.6) is 11.5 Å². The van der Waals surface area contributed by atoms with Crippen LogP contribution in [0.15, 0.2) is 18.2 Å². The highest BCUT2D eigenvalue weighted by Gasteiger charge is 2.40. The van der Waals surface area contributed by atoms with Gasteiger partial charge in [0.15, 0.2) is 11.5 Å². The van der Waals surface area contributed by atoms with Gasteiger partial charge in [-0.3, -0.25) is 0 Å². The van der Waals surface area contributed by atoms with Gasteiger partial charge in [0.25, 0.3) is 0 Å². The summed E-state index contributed by atoms with van der Waals surface area (Å²) >= 11 is 0. The van der Waals surface area contributed by atoms with Crippen molar-refractivity contribution in [2.24, 2.45) is 5.92 Å². The number of unbranched alkanes of at least 4 members (excludes halogenated alkanes) is 1. The number of aromatic hydroxyl groups is 2. The van der Waals surface area contributed by atoms with Crippen LogP contribution in [0.25, 0.3) is 0 Å². The number of hydrogen-bond acceptors (Lipinski definition) is 2. The lowest BCUT2D eigenvalue weighted by molar-refractivity contribution is 0.185. The fourth-order valence-electron chi connectivity index (χ4n) is 3.93. The Bertz CT molecular complexity index is 433. The molecule has 2 heteroatoms. The molecule has 1 unspecified atom stereocenters. The molecule has 0 spiro atoms. The van der Waals surface area contributed by atoms with E-state index in [0.29, 0.717) is 5.92 Å². The van der Waals surface area contributed by atoms with E-state index in [1.807, 2.05) is 12.1 Å². The number of rotatable bonds is 5. The predicted molar refractivity (Wildman–Crippen MR) is 83.2 cm³/mol. The largest absolute Gasteiger partial charge is 0.504 e. The number of phenolic OH excluding ortho intramolecular Hbond substituents is 2. The fraction of sp³-hybridized carbons (Fsp3) is 0.667. The molecule has 2 nitrogen and oxygen atoms in total. The van der Waals surface area contributed by atoms with Gasteiger partial charge in [-0.1, -0.05) is 58.1 Å². The van der Waals surface area contributed by atoms with Gasteiger partial charge >= 0.3 is 0 Å². The molecule has 112 valence electrons. The first-order valence-corrected chi connectivity index (χ1v) is 8.13. The van der Waals surface area contributed by atoms with E-state index in [-0.39, 0.29) is 16.9 Å². The second-order valence-electron chi connectivity index (χ2n) is 6.43. The van der Waals surface area contributed by atoms with Crippen LogP contribution in [-0.4, -0.2) is 10.2 Å². The van der Waals surface area contributed by atoms with Gasteiger partial charge < -0.3 is 10.2 Å². The summed E-state index contributed by atoms with van der Waals surface area (Å²) in [5, 5.41) is 20.2. The van der Waals surface area contributed by atoms with Crippen molar-refractivity contribution in [2.75, 3.05) is 0 Å². The molecule has 0 aliphatic heterocycles. The van der Waals surface area contributed by atoms with Crippen molar-refractivity contribution in [2.45, 2.75) is 70.6 Å². The molecular formula is C18H28O2. The van der Waals surface area contributed by atoms with E-state index in [1.165, 1.54) is 38.5 Å². The van der Waals surface area contributed by atoms with E-state index in [9.17, 15) is 10.2 Å². The SMILES string of the molecule is CCCCC(C)C1(c2cccc(O)c2O)CCCCC1. The number of phenols is 2. The minimum absolute atomic E-state index is 0.0233. The molecule has 2 rings (SSSR count). The highest BCUT2D eigenvalue weighted by atomic mass is 16.3. The smallest absolute Gasteiger partial charge is 0.161 e. The topological polar surface area (TPSA) is 40.5 Å². The van der Waals surface area contributed by atoms with Crippen LogP contribution in [0, 0.1) is 5.92 Å². The van der Waals surface area contributed by atoms with Crippen molar-refractivity contribution in [1.82, 2.24) is 0 Å². The third kappa shape index (κ3) is 2.79. The Morgan fingerprint density at radius 1 is 1.15 bits per heavy atom. The summed E-state index contributed by atoms with van der Waals surface area (Å²) in [5.74, 6) is 0.684. The second-order valence-corrected chi connectivity index (χ2v) is 6.43. The number of hydrogen-bond donors (Lipinski definition) is 2. The minimum Gasteiger partial charge on any atom is -0.504 e. The van der Waals surface area contributed by atoms with Crippen molar-refractivity contribution in [3.05, 3.63) is 23.8 Å². The van der Waals surface area contributed by atoms with E-state index in [2.05, 4.69) is 13.8 Å². The summed E-state index contributed by atoms with van der Waals surface area (Å²) in [6.45, 7) is 4.55. The molecule has 1 fully saturated rings. The van der Waals surface area contributed by atoms with Gasteiger partial charge in [0.2, 0.25) is 0 Å². The lowest BCUT2D eigenvalue weighted by atomic mass is 9.61. The van der Waals surface area contributed by atoms with Crippen LogP contribution < -0.4 is 0 Å². The zero-order valence-electron chi connectivity index (χ0n) is 12.9. The van der Waals surface area contributed by atoms with Crippen molar-refractivity contribution in [1.29, 1.82) is 0 Å². The van der Waals surface area contributed by atoms with Gasteiger partial charge in [-0.25, -0.2) is 0 Å². The van der Waals surface area contributed by atoms with Crippen molar-refractivity contribution >= 4 is 0 Å². The fourth-order valence-corrected chi connectivity index (χ4v) is 3.93. The maximum Gasteiger partial charge on any atom is 0.161 e. The molecule has 1 saturated carbocycles. The highest BCUT2D eigenvalue weighted by Crippen LogP contribution is 2.51. The molecule has 1 atom stereocenters. The molecule has 1 aromatic carbocycles. The van der Waals surface area contributed by atoms with Crippen LogP contribution in [0.3, 0.4) is 0 Å². The molecule has 0 bridgehead atoms. The van der Waals surface area contributed by atoms with Crippen molar-refractivity contribution in [3.63, 3.8) is 0 Å². The van der Waals surface area contributed by atoms with Crippen LogP contribution in [0.4, 0.5) is 0 Å². The molecule has 0 aromatic heterocycles. The summed E-state index contributed by atoms with van der Waals surface area (Å²) < 4.78 is 0. The second kappa shape index (κ2) is 6.51. The number of para-hydroxylation sites is 1. The standard InChI is InChI=1S/C18H28O2/c1-3-4-9-14(2)18(12-6-5-7-13-18)15-10-8-11-16(19)17(15)20/h8,10-11,14,19-20H,3-7,9,12-13H2,1-2H3. The summed E-state index contributed by atoms with van der Waals surface area (Å²) in [7, 11) is 0. The third-order valence-electron chi connectivity index (χ3n) is 5.23. The van der Waals surface area contributed by atoms with Crippen LogP contribution in [-0.2, 0) is 5.41 Å². The van der Waals surface area contributed by atoms with Crippen molar-refractivity contribution < 1.29 is 10.2 Å².